The lowest BCUT2D eigenvalue weighted by Crippen LogP contribution is -2.36. The Kier molecular flexibility index (Phi) is 4.09. The average molecular weight is 251 g/mol. The fourth-order valence-corrected chi connectivity index (χ4v) is 2.41. The SMILES string of the molecule is COc1ccc(C2(N)CCCOCC2)cc1OC. The van der Waals surface area contributed by atoms with Crippen molar-refractivity contribution in [2.45, 2.75) is 24.8 Å². The first kappa shape index (κ1) is 13.2. The molecule has 1 aliphatic rings. The Morgan fingerprint density at radius 2 is 1.89 bits per heavy atom. The topological polar surface area (TPSA) is 53.7 Å². The number of hydrogen-bond acceptors (Lipinski definition) is 4. The van der Waals surface area contributed by atoms with Crippen molar-refractivity contribution in [2.75, 3.05) is 27.4 Å². The Bertz CT molecular complexity index is 398. The third-order valence-electron chi connectivity index (χ3n) is 3.56. The molecule has 100 valence electrons. The molecular weight excluding hydrogens is 230 g/mol. The highest BCUT2D eigenvalue weighted by Gasteiger charge is 2.29. The molecule has 0 aromatic heterocycles. The molecule has 0 bridgehead atoms. The minimum atomic E-state index is -0.323. The van der Waals surface area contributed by atoms with Gasteiger partial charge in [-0.05, 0) is 37.0 Å². The minimum absolute atomic E-state index is 0.323. The molecule has 1 atom stereocenters. The number of rotatable bonds is 3. The molecule has 4 heteroatoms. The van der Waals surface area contributed by atoms with Gasteiger partial charge in [0.15, 0.2) is 11.5 Å². The zero-order chi connectivity index (χ0) is 13.0. The lowest BCUT2D eigenvalue weighted by Gasteiger charge is -2.28. The Balaban J connectivity index is 2.31. The smallest absolute Gasteiger partial charge is 0.161 e. The molecule has 1 heterocycles. The van der Waals surface area contributed by atoms with E-state index >= 15 is 0 Å². The Hall–Kier alpha value is -1.26. The van der Waals surface area contributed by atoms with Crippen molar-refractivity contribution in [3.05, 3.63) is 23.8 Å². The number of methoxy groups -OCH3 is 2. The molecule has 18 heavy (non-hydrogen) atoms. The van der Waals surface area contributed by atoms with Crippen LogP contribution in [0.25, 0.3) is 0 Å². The summed E-state index contributed by atoms with van der Waals surface area (Å²) in [6.07, 6.45) is 2.76. The molecule has 0 radical (unpaired) electrons. The fraction of sp³-hybridized carbons (Fsp3) is 0.571. The summed E-state index contributed by atoms with van der Waals surface area (Å²) in [5, 5.41) is 0. The van der Waals surface area contributed by atoms with Gasteiger partial charge in [-0.3, -0.25) is 0 Å². The zero-order valence-corrected chi connectivity index (χ0v) is 11.1. The van der Waals surface area contributed by atoms with Crippen molar-refractivity contribution in [2.24, 2.45) is 5.73 Å². The maximum Gasteiger partial charge on any atom is 0.161 e. The van der Waals surface area contributed by atoms with Gasteiger partial charge in [0.25, 0.3) is 0 Å². The van der Waals surface area contributed by atoms with Gasteiger partial charge in [0.2, 0.25) is 0 Å². The van der Waals surface area contributed by atoms with E-state index in [0.717, 1.165) is 42.9 Å². The van der Waals surface area contributed by atoms with Crippen LogP contribution in [0.4, 0.5) is 0 Å². The van der Waals surface area contributed by atoms with Gasteiger partial charge in [0.05, 0.1) is 14.2 Å². The third-order valence-corrected chi connectivity index (χ3v) is 3.56. The van der Waals surface area contributed by atoms with E-state index < -0.39 is 0 Å². The molecule has 1 saturated heterocycles. The van der Waals surface area contributed by atoms with Crippen LogP contribution in [-0.2, 0) is 10.3 Å². The van der Waals surface area contributed by atoms with Crippen LogP contribution in [0.1, 0.15) is 24.8 Å². The van der Waals surface area contributed by atoms with Crippen molar-refractivity contribution in [3.63, 3.8) is 0 Å². The van der Waals surface area contributed by atoms with Gasteiger partial charge in [-0.15, -0.1) is 0 Å². The van der Waals surface area contributed by atoms with Gasteiger partial charge in [0.1, 0.15) is 0 Å². The van der Waals surface area contributed by atoms with E-state index in [4.69, 9.17) is 19.9 Å². The lowest BCUT2D eigenvalue weighted by atomic mass is 9.84. The van der Waals surface area contributed by atoms with Gasteiger partial charge in [-0.2, -0.15) is 0 Å². The van der Waals surface area contributed by atoms with Crippen LogP contribution in [-0.4, -0.2) is 27.4 Å². The Morgan fingerprint density at radius 1 is 1.11 bits per heavy atom. The highest BCUT2D eigenvalue weighted by atomic mass is 16.5. The van der Waals surface area contributed by atoms with Crippen LogP contribution in [0.5, 0.6) is 11.5 Å². The molecule has 1 aliphatic heterocycles. The van der Waals surface area contributed by atoms with E-state index in [9.17, 15) is 0 Å². The van der Waals surface area contributed by atoms with E-state index in [2.05, 4.69) is 0 Å². The summed E-state index contributed by atoms with van der Waals surface area (Å²) >= 11 is 0. The minimum Gasteiger partial charge on any atom is -0.493 e. The lowest BCUT2D eigenvalue weighted by molar-refractivity contribution is 0.139. The molecule has 1 aromatic rings. The average Bonchev–Trinajstić information content (AvgIpc) is 2.63. The van der Waals surface area contributed by atoms with E-state index in [1.807, 2.05) is 18.2 Å². The van der Waals surface area contributed by atoms with Gasteiger partial charge in [0, 0.05) is 18.8 Å². The first-order chi connectivity index (χ1) is 8.69. The van der Waals surface area contributed by atoms with Crippen molar-refractivity contribution < 1.29 is 14.2 Å². The molecule has 1 unspecified atom stereocenters. The van der Waals surface area contributed by atoms with E-state index in [1.165, 1.54) is 0 Å². The van der Waals surface area contributed by atoms with Crippen LogP contribution < -0.4 is 15.2 Å². The maximum absolute atomic E-state index is 6.52. The van der Waals surface area contributed by atoms with Gasteiger partial charge in [-0.1, -0.05) is 6.07 Å². The highest BCUT2D eigenvalue weighted by Crippen LogP contribution is 2.35. The Morgan fingerprint density at radius 3 is 2.61 bits per heavy atom. The van der Waals surface area contributed by atoms with Crippen LogP contribution in [0.3, 0.4) is 0 Å². The number of benzene rings is 1. The number of ether oxygens (including phenoxy) is 3. The quantitative estimate of drug-likeness (QED) is 0.893. The standard InChI is InChI=1S/C14H21NO3/c1-16-12-5-4-11(10-13(12)17-2)14(15)6-3-8-18-9-7-14/h4-5,10H,3,6-9,15H2,1-2H3. The summed E-state index contributed by atoms with van der Waals surface area (Å²) in [5.74, 6) is 1.46. The monoisotopic (exact) mass is 251 g/mol. The largest absolute Gasteiger partial charge is 0.493 e. The molecule has 4 nitrogen and oxygen atoms in total. The molecule has 0 amide bonds. The number of nitrogens with two attached hydrogens (primary N) is 1. The summed E-state index contributed by atoms with van der Waals surface area (Å²) in [4.78, 5) is 0. The normalized spacial score (nSPS) is 24.4. The predicted octanol–water partition coefficient (Wildman–Crippen LogP) is 2.06. The van der Waals surface area contributed by atoms with Crippen molar-refractivity contribution in [3.8, 4) is 11.5 Å². The molecular formula is C14H21NO3. The second-order valence-electron chi connectivity index (χ2n) is 4.69. The van der Waals surface area contributed by atoms with Gasteiger partial charge in [-0.25, -0.2) is 0 Å². The van der Waals surface area contributed by atoms with Crippen molar-refractivity contribution >= 4 is 0 Å². The molecule has 0 aliphatic carbocycles. The van der Waals surface area contributed by atoms with Gasteiger partial charge >= 0.3 is 0 Å². The highest BCUT2D eigenvalue weighted by molar-refractivity contribution is 5.45. The summed E-state index contributed by atoms with van der Waals surface area (Å²) in [6.45, 7) is 1.51. The number of hydrogen-bond donors (Lipinski definition) is 1. The van der Waals surface area contributed by atoms with E-state index in [1.54, 1.807) is 14.2 Å². The third kappa shape index (κ3) is 2.60. The first-order valence-electron chi connectivity index (χ1n) is 6.29. The Labute approximate surface area is 108 Å². The van der Waals surface area contributed by atoms with Crippen LogP contribution >= 0.6 is 0 Å². The second-order valence-corrected chi connectivity index (χ2v) is 4.69. The predicted molar refractivity (Wildman–Crippen MR) is 70.1 cm³/mol. The fourth-order valence-electron chi connectivity index (χ4n) is 2.41. The van der Waals surface area contributed by atoms with Crippen LogP contribution in [0.15, 0.2) is 18.2 Å². The molecule has 2 N–H and O–H groups in total. The molecule has 2 rings (SSSR count). The molecule has 0 saturated carbocycles. The molecule has 1 aromatic carbocycles. The van der Waals surface area contributed by atoms with Crippen LogP contribution in [0, 0.1) is 0 Å². The second kappa shape index (κ2) is 5.59. The summed E-state index contributed by atoms with van der Waals surface area (Å²) < 4.78 is 16.1. The zero-order valence-electron chi connectivity index (χ0n) is 11.1. The van der Waals surface area contributed by atoms with E-state index in [0.29, 0.717) is 6.61 Å². The summed E-state index contributed by atoms with van der Waals surface area (Å²) in [5.41, 5.74) is 7.28. The van der Waals surface area contributed by atoms with Crippen molar-refractivity contribution in [1.82, 2.24) is 0 Å². The maximum atomic E-state index is 6.52. The first-order valence-corrected chi connectivity index (χ1v) is 6.29. The molecule has 0 spiro atoms. The van der Waals surface area contributed by atoms with Gasteiger partial charge < -0.3 is 19.9 Å². The summed E-state index contributed by atoms with van der Waals surface area (Å²) in [6, 6.07) is 5.91. The van der Waals surface area contributed by atoms with Crippen molar-refractivity contribution in [1.29, 1.82) is 0 Å². The van der Waals surface area contributed by atoms with Crippen LogP contribution in [0.2, 0.25) is 0 Å². The van der Waals surface area contributed by atoms with E-state index in [-0.39, 0.29) is 5.54 Å². The molecule has 1 fully saturated rings. The summed E-state index contributed by atoms with van der Waals surface area (Å²) in [7, 11) is 3.27.